The molecule has 1 aliphatic heterocycles. The van der Waals surface area contributed by atoms with Gasteiger partial charge in [0.2, 0.25) is 0 Å². The molecule has 7 nitrogen and oxygen atoms in total. The monoisotopic (exact) mass is 326 g/mol. The van der Waals surface area contributed by atoms with Gasteiger partial charge in [0, 0.05) is 13.5 Å². The van der Waals surface area contributed by atoms with Crippen LogP contribution in [0.3, 0.4) is 0 Å². The predicted octanol–water partition coefficient (Wildman–Crippen LogP) is 1.65. The summed E-state index contributed by atoms with van der Waals surface area (Å²) in [5, 5.41) is 8.93. The average molecular weight is 326 g/mol. The number of hydrogen-bond acceptors (Lipinski definition) is 5. The van der Waals surface area contributed by atoms with E-state index in [9.17, 15) is 21.9 Å². The van der Waals surface area contributed by atoms with Crippen LogP contribution < -0.4 is 0 Å². The Morgan fingerprint density at radius 2 is 2.05 bits per heavy atom. The van der Waals surface area contributed by atoms with Crippen molar-refractivity contribution in [2.24, 2.45) is 12.2 Å². The van der Waals surface area contributed by atoms with E-state index in [2.05, 4.69) is 15.4 Å². The molecule has 1 aromatic heterocycles. The second-order valence-corrected chi connectivity index (χ2v) is 6.21. The second kappa shape index (κ2) is 5.05. The molecular formula is C10H13F3N4O3S. The number of alkyl halides is 3. The van der Waals surface area contributed by atoms with Crippen LogP contribution in [0.25, 0.3) is 0 Å². The van der Waals surface area contributed by atoms with Crippen molar-refractivity contribution >= 4 is 16.8 Å². The van der Waals surface area contributed by atoms with E-state index in [0.717, 1.165) is 0 Å². The van der Waals surface area contributed by atoms with E-state index in [1.165, 1.54) is 7.05 Å². The summed E-state index contributed by atoms with van der Waals surface area (Å²) < 4.78 is 59.8. The summed E-state index contributed by atoms with van der Waals surface area (Å²) in [5.41, 5.74) is -2.64. The molecule has 2 unspecified atom stereocenters. The maximum atomic E-state index is 13.0. The van der Waals surface area contributed by atoms with Gasteiger partial charge in [-0.3, -0.25) is 0 Å². The Balaban J connectivity index is 2.48. The van der Waals surface area contributed by atoms with Crippen molar-refractivity contribution in [1.82, 2.24) is 15.0 Å². The first kappa shape index (κ1) is 15.9. The van der Waals surface area contributed by atoms with Gasteiger partial charge in [0.15, 0.2) is 16.8 Å². The fourth-order valence-electron chi connectivity index (χ4n) is 1.99. The van der Waals surface area contributed by atoms with E-state index in [0.29, 0.717) is 4.80 Å². The quantitative estimate of drug-likeness (QED) is 0.853. The van der Waals surface area contributed by atoms with Crippen LogP contribution in [-0.4, -0.2) is 35.1 Å². The predicted molar refractivity (Wildman–Crippen MR) is 66.7 cm³/mol. The van der Waals surface area contributed by atoms with Crippen LogP contribution in [0.15, 0.2) is 5.16 Å². The lowest BCUT2D eigenvalue weighted by Crippen LogP contribution is -2.25. The summed E-state index contributed by atoms with van der Waals surface area (Å²) in [6, 6.07) is 0. The van der Waals surface area contributed by atoms with Gasteiger partial charge in [0.05, 0.1) is 5.71 Å². The molecule has 0 bridgehead atoms. The van der Waals surface area contributed by atoms with Crippen molar-refractivity contribution in [2.45, 2.75) is 37.3 Å². The molecule has 0 amide bonds. The smallest absolute Gasteiger partial charge is 0.389 e. The molecule has 118 valence electrons. The van der Waals surface area contributed by atoms with Crippen LogP contribution in [0, 0.1) is 0 Å². The molecule has 0 saturated carbocycles. The maximum Gasteiger partial charge on any atom is 0.437 e. The van der Waals surface area contributed by atoms with Crippen molar-refractivity contribution in [2.75, 3.05) is 0 Å². The highest BCUT2D eigenvalue weighted by molar-refractivity contribution is 7.80. The van der Waals surface area contributed by atoms with Crippen LogP contribution in [0.2, 0.25) is 0 Å². The summed E-state index contributed by atoms with van der Waals surface area (Å²) in [7, 11) is 1.20. The average Bonchev–Trinajstić information content (AvgIpc) is 2.82. The normalized spacial score (nSPS) is 20.8. The Morgan fingerprint density at radius 1 is 1.43 bits per heavy atom. The molecule has 0 radical (unpaired) electrons. The number of oxime groups is 1. The summed E-state index contributed by atoms with van der Waals surface area (Å²) in [4.78, 5) is 5.75. The molecule has 0 aliphatic carbocycles. The van der Waals surface area contributed by atoms with Crippen LogP contribution in [-0.2, 0) is 29.1 Å². The number of nitrogens with zero attached hydrogens (tertiary/aromatic N) is 4. The molecule has 2 heterocycles. The summed E-state index contributed by atoms with van der Waals surface area (Å²) in [6.45, 7) is 3.34. The van der Waals surface area contributed by atoms with Crippen LogP contribution in [0.4, 0.5) is 13.2 Å². The summed E-state index contributed by atoms with van der Waals surface area (Å²) >= 11 is -2.64. The third-order valence-corrected chi connectivity index (χ3v) is 3.68. The standard InChI is InChI=1S/C10H13F3N4O3S/c1-9(2)4-5(16-20-9)7(21(18)19)6-8(10(11,12)13)15-17(3)14-6/h7H,4H2,1-3H3,(H,18,19). The van der Waals surface area contributed by atoms with Gasteiger partial charge in [-0.2, -0.15) is 23.1 Å². The van der Waals surface area contributed by atoms with Crippen molar-refractivity contribution < 1.29 is 26.8 Å². The largest absolute Gasteiger partial charge is 0.437 e. The van der Waals surface area contributed by atoms with Gasteiger partial charge in [-0.1, -0.05) is 5.16 Å². The molecule has 0 spiro atoms. The van der Waals surface area contributed by atoms with Crippen molar-refractivity contribution in [3.63, 3.8) is 0 Å². The number of rotatable bonds is 3. The van der Waals surface area contributed by atoms with Crippen molar-refractivity contribution in [3.8, 4) is 0 Å². The minimum Gasteiger partial charge on any atom is -0.389 e. The lowest BCUT2D eigenvalue weighted by Gasteiger charge is -2.15. The molecule has 0 aromatic carbocycles. The fourth-order valence-corrected chi connectivity index (χ4v) is 2.70. The molecule has 2 rings (SSSR count). The van der Waals surface area contributed by atoms with E-state index in [-0.39, 0.29) is 12.1 Å². The number of aryl methyl sites for hydroxylation is 1. The Kier molecular flexibility index (Phi) is 3.82. The van der Waals surface area contributed by atoms with E-state index in [1.54, 1.807) is 13.8 Å². The SMILES string of the molecule is Cn1nc(C(C2=NOC(C)(C)C2)S(=O)O)c(C(F)(F)F)n1. The summed E-state index contributed by atoms with van der Waals surface area (Å²) in [6.07, 6.45) is -4.66. The first-order chi connectivity index (χ1) is 9.51. The van der Waals surface area contributed by atoms with Crippen LogP contribution in [0.5, 0.6) is 0 Å². The topological polar surface area (TPSA) is 89.6 Å². The highest BCUT2D eigenvalue weighted by Crippen LogP contribution is 2.37. The lowest BCUT2D eigenvalue weighted by atomic mass is 9.99. The van der Waals surface area contributed by atoms with E-state index < -0.39 is 39.5 Å². The zero-order valence-corrected chi connectivity index (χ0v) is 12.2. The molecular weight excluding hydrogens is 313 g/mol. The van der Waals surface area contributed by atoms with Crippen LogP contribution in [0.1, 0.15) is 36.9 Å². The number of halogens is 3. The molecule has 1 aliphatic rings. The molecule has 1 aromatic rings. The van der Waals surface area contributed by atoms with Crippen molar-refractivity contribution in [1.29, 1.82) is 0 Å². The van der Waals surface area contributed by atoms with Gasteiger partial charge < -0.3 is 9.39 Å². The number of aromatic nitrogens is 3. The third-order valence-electron chi connectivity index (χ3n) is 2.78. The Hall–Kier alpha value is -1.49. The van der Waals surface area contributed by atoms with E-state index in [4.69, 9.17) is 4.84 Å². The van der Waals surface area contributed by atoms with Gasteiger partial charge in [-0.25, -0.2) is 4.21 Å². The van der Waals surface area contributed by atoms with Gasteiger partial charge in [0.25, 0.3) is 0 Å². The zero-order valence-electron chi connectivity index (χ0n) is 11.4. The second-order valence-electron chi connectivity index (χ2n) is 5.19. The highest BCUT2D eigenvalue weighted by atomic mass is 32.2. The Morgan fingerprint density at radius 3 is 2.48 bits per heavy atom. The van der Waals surface area contributed by atoms with Gasteiger partial charge in [0.1, 0.15) is 16.5 Å². The Labute approximate surface area is 120 Å². The summed E-state index contributed by atoms with van der Waals surface area (Å²) in [5.74, 6) is 0. The van der Waals surface area contributed by atoms with E-state index in [1.807, 2.05) is 0 Å². The van der Waals surface area contributed by atoms with Gasteiger partial charge in [-0.05, 0) is 13.8 Å². The zero-order chi connectivity index (χ0) is 16.0. The van der Waals surface area contributed by atoms with Crippen molar-refractivity contribution in [3.05, 3.63) is 11.4 Å². The van der Waals surface area contributed by atoms with E-state index >= 15 is 0 Å². The Bertz CT molecular complexity index is 611. The van der Waals surface area contributed by atoms with Crippen LogP contribution >= 0.6 is 0 Å². The maximum absolute atomic E-state index is 13.0. The molecule has 0 fully saturated rings. The lowest BCUT2D eigenvalue weighted by molar-refractivity contribution is -0.142. The molecule has 0 saturated heterocycles. The molecule has 1 N–H and O–H groups in total. The first-order valence-corrected chi connectivity index (χ1v) is 7.01. The highest BCUT2D eigenvalue weighted by Gasteiger charge is 2.45. The molecule has 11 heteroatoms. The minimum atomic E-state index is -4.78. The molecule has 21 heavy (non-hydrogen) atoms. The first-order valence-electron chi connectivity index (χ1n) is 5.84. The fraction of sp³-hybridized carbons (Fsp3) is 0.700. The minimum absolute atomic E-state index is 0.0341. The third kappa shape index (κ3) is 3.23. The van der Waals surface area contributed by atoms with Gasteiger partial charge in [-0.15, -0.1) is 5.10 Å². The molecule has 2 atom stereocenters. The number of hydrogen-bond donors (Lipinski definition) is 1. The van der Waals surface area contributed by atoms with Gasteiger partial charge >= 0.3 is 6.18 Å².